The smallest absolute Gasteiger partial charge is 0.267 e. The number of aryl methyl sites for hydroxylation is 1. The van der Waals surface area contributed by atoms with Crippen LogP contribution < -0.4 is 5.56 Å². The van der Waals surface area contributed by atoms with Gasteiger partial charge in [-0.25, -0.2) is 9.36 Å². The van der Waals surface area contributed by atoms with Crippen LogP contribution in [0.4, 0.5) is 0 Å². The van der Waals surface area contributed by atoms with Gasteiger partial charge in [-0.2, -0.15) is 17.7 Å². The summed E-state index contributed by atoms with van der Waals surface area (Å²) in [6.45, 7) is 0.400. The summed E-state index contributed by atoms with van der Waals surface area (Å²) < 4.78 is 2.82. The summed E-state index contributed by atoms with van der Waals surface area (Å²) in [4.78, 5) is 11.9. The van der Waals surface area contributed by atoms with Crippen LogP contribution in [0.3, 0.4) is 0 Å². The van der Waals surface area contributed by atoms with Gasteiger partial charge < -0.3 is 0 Å². The van der Waals surface area contributed by atoms with Crippen molar-refractivity contribution in [2.24, 2.45) is 7.05 Å². The SMILES string of the molecule is Cn1ncc2c(=O)n(CC=CCS)nnc21. The summed E-state index contributed by atoms with van der Waals surface area (Å²) in [7, 11) is 1.72. The van der Waals surface area contributed by atoms with E-state index in [1.165, 1.54) is 15.6 Å². The van der Waals surface area contributed by atoms with Crippen LogP contribution in [0.1, 0.15) is 0 Å². The molecule has 2 aromatic rings. The molecule has 84 valence electrons. The summed E-state index contributed by atoms with van der Waals surface area (Å²) >= 11 is 4.03. The largest absolute Gasteiger partial charge is 0.281 e. The van der Waals surface area contributed by atoms with Crippen molar-refractivity contribution in [3.63, 3.8) is 0 Å². The highest BCUT2D eigenvalue weighted by Gasteiger charge is 2.07. The van der Waals surface area contributed by atoms with Crippen molar-refractivity contribution >= 4 is 23.7 Å². The molecule has 0 fully saturated rings. The van der Waals surface area contributed by atoms with Gasteiger partial charge in [0.1, 0.15) is 5.39 Å². The van der Waals surface area contributed by atoms with Crippen molar-refractivity contribution in [1.82, 2.24) is 24.8 Å². The first-order chi connectivity index (χ1) is 7.74. The van der Waals surface area contributed by atoms with E-state index in [2.05, 4.69) is 28.0 Å². The summed E-state index contributed by atoms with van der Waals surface area (Å²) in [6, 6.07) is 0. The zero-order valence-electron chi connectivity index (χ0n) is 8.74. The number of aromatic nitrogens is 5. The molecule has 0 N–H and O–H groups in total. The molecule has 0 amide bonds. The second kappa shape index (κ2) is 4.48. The fourth-order valence-electron chi connectivity index (χ4n) is 1.34. The van der Waals surface area contributed by atoms with E-state index in [1.54, 1.807) is 7.05 Å². The molecular formula is C9H11N5OS. The minimum absolute atomic E-state index is 0.179. The van der Waals surface area contributed by atoms with E-state index >= 15 is 0 Å². The van der Waals surface area contributed by atoms with Crippen molar-refractivity contribution in [2.75, 3.05) is 5.75 Å². The summed E-state index contributed by atoms with van der Waals surface area (Å²) in [5.74, 6) is 0.636. The number of fused-ring (bicyclic) bond motifs is 1. The van der Waals surface area contributed by atoms with Gasteiger partial charge in [0.25, 0.3) is 5.56 Å². The Morgan fingerprint density at radius 1 is 1.50 bits per heavy atom. The molecular weight excluding hydrogens is 226 g/mol. The lowest BCUT2D eigenvalue weighted by Crippen LogP contribution is -2.23. The summed E-state index contributed by atoms with van der Waals surface area (Å²) in [5.41, 5.74) is 0.321. The monoisotopic (exact) mass is 237 g/mol. The van der Waals surface area contributed by atoms with Gasteiger partial charge in [-0.1, -0.05) is 17.4 Å². The molecule has 0 aromatic carbocycles. The first-order valence-electron chi connectivity index (χ1n) is 4.75. The number of rotatable bonds is 3. The van der Waals surface area contributed by atoms with Gasteiger partial charge in [-0.05, 0) is 0 Å². The van der Waals surface area contributed by atoms with Crippen molar-refractivity contribution in [3.8, 4) is 0 Å². The molecule has 0 radical (unpaired) electrons. The van der Waals surface area contributed by atoms with E-state index in [-0.39, 0.29) is 5.56 Å². The second-order valence-corrected chi connectivity index (χ2v) is 3.60. The molecule has 7 heteroatoms. The van der Waals surface area contributed by atoms with Crippen LogP contribution in [0.5, 0.6) is 0 Å². The van der Waals surface area contributed by atoms with Crippen molar-refractivity contribution in [2.45, 2.75) is 6.54 Å². The van der Waals surface area contributed by atoms with Crippen molar-refractivity contribution in [1.29, 1.82) is 0 Å². The van der Waals surface area contributed by atoms with E-state index in [0.717, 1.165) is 0 Å². The van der Waals surface area contributed by atoms with Crippen molar-refractivity contribution in [3.05, 3.63) is 28.7 Å². The molecule has 0 saturated carbocycles. The Morgan fingerprint density at radius 2 is 2.31 bits per heavy atom. The van der Waals surface area contributed by atoms with Gasteiger partial charge in [0, 0.05) is 12.8 Å². The average Bonchev–Trinajstić information content (AvgIpc) is 2.65. The normalized spacial score (nSPS) is 11.6. The zero-order chi connectivity index (χ0) is 11.5. The predicted octanol–water partition coefficient (Wildman–Crippen LogP) is 0.0110. The van der Waals surface area contributed by atoms with E-state index in [4.69, 9.17) is 0 Å². The second-order valence-electron chi connectivity index (χ2n) is 3.24. The molecule has 16 heavy (non-hydrogen) atoms. The number of allylic oxidation sites excluding steroid dienone is 1. The molecule has 0 atom stereocenters. The summed E-state index contributed by atoms with van der Waals surface area (Å²) in [5, 5.41) is 12.2. The fraction of sp³-hybridized carbons (Fsp3) is 0.333. The molecule has 0 spiro atoms. The molecule has 2 heterocycles. The van der Waals surface area contributed by atoms with E-state index in [1.807, 2.05) is 12.2 Å². The highest BCUT2D eigenvalue weighted by molar-refractivity contribution is 7.80. The standard InChI is InChI=1S/C9H11N5OS/c1-13-8-7(6-10-13)9(15)14(12-11-8)4-2-3-5-16/h2-3,6,16H,4-5H2,1H3. The van der Waals surface area contributed by atoms with Gasteiger partial charge in [0.15, 0.2) is 5.65 Å². The lowest BCUT2D eigenvalue weighted by Gasteiger charge is -1.98. The van der Waals surface area contributed by atoms with Crippen LogP contribution in [-0.4, -0.2) is 30.5 Å². The zero-order valence-corrected chi connectivity index (χ0v) is 9.63. The first-order valence-corrected chi connectivity index (χ1v) is 5.38. The minimum Gasteiger partial charge on any atom is -0.267 e. The lowest BCUT2D eigenvalue weighted by molar-refractivity contribution is 0.604. The Bertz CT molecular complexity index is 585. The van der Waals surface area contributed by atoms with Gasteiger partial charge in [0.2, 0.25) is 0 Å². The van der Waals surface area contributed by atoms with Gasteiger partial charge in [-0.3, -0.25) is 4.79 Å². The molecule has 2 rings (SSSR count). The van der Waals surface area contributed by atoms with Gasteiger partial charge >= 0.3 is 0 Å². The van der Waals surface area contributed by atoms with Gasteiger partial charge in [0.05, 0.1) is 12.7 Å². The van der Waals surface area contributed by atoms with E-state index < -0.39 is 0 Å². The Labute approximate surface area is 97.0 Å². The van der Waals surface area contributed by atoms with Crippen molar-refractivity contribution < 1.29 is 0 Å². The molecule has 0 bridgehead atoms. The predicted molar refractivity (Wildman–Crippen MR) is 63.6 cm³/mol. The average molecular weight is 237 g/mol. The molecule has 0 aliphatic carbocycles. The maximum absolute atomic E-state index is 11.9. The molecule has 6 nitrogen and oxygen atoms in total. The van der Waals surface area contributed by atoms with Gasteiger partial charge in [-0.15, -0.1) is 5.10 Å². The lowest BCUT2D eigenvalue weighted by atomic mass is 10.4. The Kier molecular flexibility index (Phi) is 3.04. The van der Waals surface area contributed by atoms with Crippen LogP contribution >= 0.6 is 12.6 Å². The maximum atomic E-state index is 11.9. The van der Waals surface area contributed by atoms with Crippen LogP contribution in [0.15, 0.2) is 23.1 Å². The topological polar surface area (TPSA) is 65.6 Å². The number of hydrogen-bond acceptors (Lipinski definition) is 5. The number of thiol groups is 1. The fourth-order valence-corrected chi connectivity index (χ4v) is 1.49. The summed E-state index contributed by atoms with van der Waals surface area (Å²) in [6.07, 6.45) is 5.18. The third-order valence-corrected chi connectivity index (χ3v) is 2.38. The molecule has 0 unspecified atom stereocenters. The highest BCUT2D eigenvalue weighted by atomic mass is 32.1. The van der Waals surface area contributed by atoms with Crippen LogP contribution in [-0.2, 0) is 13.6 Å². The maximum Gasteiger partial charge on any atom is 0.281 e. The molecule has 0 saturated heterocycles. The molecule has 0 aliphatic rings. The third-order valence-electron chi connectivity index (χ3n) is 2.17. The quantitative estimate of drug-likeness (QED) is 0.603. The Balaban J connectivity index is 2.45. The molecule has 2 aromatic heterocycles. The van der Waals surface area contributed by atoms with Crippen LogP contribution in [0, 0.1) is 0 Å². The van der Waals surface area contributed by atoms with Crippen LogP contribution in [0.2, 0.25) is 0 Å². The van der Waals surface area contributed by atoms with Crippen LogP contribution in [0.25, 0.3) is 11.0 Å². The third kappa shape index (κ3) is 1.85. The first kappa shape index (κ1) is 10.9. The Morgan fingerprint density at radius 3 is 3.06 bits per heavy atom. The minimum atomic E-state index is -0.179. The molecule has 0 aliphatic heterocycles. The Hall–Kier alpha value is -1.63. The van der Waals surface area contributed by atoms with E-state index in [0.29, 0.717) is 23.3 Å². The number of hydrogen-bond donors (Lipinski definition) is 1. The van der Waals surface area contributed by atoms with E-state index in [9.17, 15) is 4.79 Å². The number of nitrogens with zero attached hydrogens (tertiary/aromatic N) is 5. The highest BCUT2D eigenvalue weighted by Crippen LogP contribution is 2.01.